The van der Waals surface area contributed by atoms with Crippen molar-refractivity contribution in [1.82, 2.24) is 4.90 Å². The standard InChI is InChI=1S/C13H22N2O/c1-10-6-5-7-11(8-10)15(4)12(16)13(2,3)9-14/h10-11H,5-8H2,1-4H3. The molecule has 0 aromatic carbocycles. The third-order valence-electron chi connectivity index (χ3n) is 3.59. The molecule has 3 nitrogen and oxygen atoms in total. The summed E-state index contributed by atoms with van der Waals surface area (Å²) >= 11 is 0. The van der Waals surface area contributed by atoms with E-state index in [1.165, 1.54) is 12.8 Å². The summed E-state index contributed by atoms with van der Waals surface area (Å²) in [5.74, 6) is 0.647. The molecule has 1 rings (SSSR count). The summed E-state index contributed by atoms with van der Waals surface area (Å²) in [6.07, 6.45) is 4.61. The molecule has 2 atom stereocenters. The van der Waals surface area contributed by atoms with Crippen LogP contribution in [0.2, 0.25) is 0 Å². The monoisotopic (exact) mass is 222 g/mol. The number of carbonyl (C=O) groups is 1. The van der Waals surface area contributed by atoms with Gasteiger partial charge in [-0.1, -0.05) is 19.8 Å². The first kappa shape index (κ1) is 13.0. The zero-order valence-electron chi connectivity index (χ0n) is 10.8. The summed E-state index contributed by atoms with van der Waals surface area (Å²) in [5.41, 5.74) is -0.893. The van der Waals surface area contributed by atoms with Crippen LogP contribution in [0.5, 0.6) is 0 Å². The molecule has 1 amide bonds. The van der Waals surface area contributed by atoms with Crippen molar-refractivity contribution >= 4 is 5.91 Å². The van der Waals surface area contributed by atoms with Gasteiger partial charge in [-0.05, 0) is 32.6 Å². The SMILES string of the molecule is CC1CCCC(N(C)C(=O)C(C)(C)C#N)C1. The summed E-state index contributed by atoms with van der Waals surface area (Å²) in [6.45, 7) is 5.62. The second-order valence-electron chi connectivity index (χ2n) is 5.58. The van der Waals surface area contributed by atoms with Gasteiger partial charge in [0, 0.05) is 13.1 Å². The van der Waals surface area contributed by atoms with E-state index in [4.69, 9.17) is 5.26 Å². The maximum Gasteiger partial charge on any atom is 0.242 e. The lowest BCUT2D eigenvalue weighted by atomic mass is 9.85. The number of carbonyl (C=O) groups excluding carboxylic acids is 1. The third-order valence-corrected chi connectivity index (χ3v) is 3.59. The van der Waals surface area contributed by atoms with Gasteiger partial charge in [-0.25, -0.2) is 0 Å². The van der Waals surface area contributed by atoms with E-state index >= 15 is 0 Å². The summed E-state index contributed by atoms with van der Waals surface area (Å²) in [7, 11) is 1.84. The van der Waals surface area contributed by atoms with E-state index in [0.29, 0.717) is 12.0 Å². The highest BCUT2D eigenvalue weighted by molar-refractivity contribution is 5.84. The van der Waals surface area contributed by atoms with Gasteiger partial charge in [0.25, 0.3) is 0 Å². The minimum atomic E-state index is -0.893. The van der Waals surface area contributed by atoms with Crippen LogP contribution in [-0.2, 0) is 4.79 Å². The Hall–Kier alpha value is -1.04. The molecule has 0 aromatic heterocycles. The molecule has 1 saturated carbocycles. The second kappa shape index (κ2) is 4.86. The van der Waals surface area contributed by atoms with Crippen molar-refractivity contribution in [2.24, 2.45) is 11.3 Å². The lowest BCUT2D eigenvalue weighted by Crippen LogP contribution is -2.45. The van der Waals surface area contributed by atoms with Crippen LogP contribution in [0.1, 0.15) is 46.5 Å². The number of hydrogen-bond donors (Lipinski definition) is 0. The average Bonchev–Trinajstić information content (AvgIpc) is 2.27. The molecule has 0 bridgehead atoms. The topological polar surface area (TPSA) is 44.1 Å². The summed E-state index contributed by atoms with van der Waals surface area (Å²) in [5, 5.41) is 8.97. The average molecular weight is 222 g/mol. The first-order valence-corrected chi connectivity index (χ1v) is 6.07. The van der Waals surface area contributed by atoms with E-state index in [2.05, 4.69) is 13.0 Å². The van der Waals surface area contributed by atoms with Crippen LogP contribution in [-0.4, -0.2) is 23.9 Å². The first-order chi connectivity index (χ1) is 7.38. The van der Waals surface area contributed by atoms with Crippen molar-refractivity contribution in [1.29, 1.82) is 5.26 Å². The third kappa shape index (κ3) is 2.75. The van der Waals surface area contributed by atoms with Crippen LogP contribution in [0, 0.1) is 22.7 Å². The minimum Gasteiger partial charge on any atom is -0.341 e. The number of amides is 1. The van der Waals surface area contributed by atoms with E-state index < -0.39 is 5.41 Å². The number of nitrogens with zero attached hydrogens (tertiary/aromatic N) is 2. The lowest BCUT2D eigenvalue weighted by Gasteiger charge is -2.36. The summed E-state index contributed by atoms with van der Waals surface area (Å²) < 4.78 is 0. The molecule has 0 saturated heterocycles. The first-order valence-electron chi connectivity index (χ1n) is 6.07. The Morgan fingerprint density at radius 1 is 1.44 bits per heavy atom. The smallest absolute Gasteiger partial charge is 0.242 e. The molecule has 0 heterocycles. The molecule has 1 fully saturated rings. The molecule has 16 heavy (non-hydrogen) atoms. The van der Waals surface area contributed by atoms with Crippen LogP contribution in [0.4, 0.5) is 0 Å². The van der Waals surface area contributed by atoms with Gasteiger partial charge in [-0.2, -0.15) is 5.26 Å². The molecule has 0 radical (unpaired) electrons. The Labute approximate surface area is 98.4 Å². The van der Waals surface area contributed by atoms with E-state index in [0.717, 1.165) is 12.8 Å². The second-order valence-corrected chi connectivity index (χ2v) is 5.58. The molecule has 0 spiro atoms. The van der Waals surface area contributed by atoms with Crippen molar-refractivity contribution in [2.75, 3.05) is 7.05 Å². The minimum absolute atomic E-state index is 0.0471. The van der Waals surface area contributed by atoms with Crippen LogP contribution in [0.25, 0.3) is 0 Å². The lowest BCUT2D eigenvalue weighted by molar-refractivity contribution is -0.139. The largest absolute Gasteiger partial charge is 0.341 e. The molecular formula is C13H22N2O. The number of hydrogen-bond acceptors (Lipinski definition) is 2. The van der Waals surface area contributed by atoms with Crippen LogP contribution in [0.15, 0.2) is 0 Å². The van der Waals surface area contributed by atoms with Crippen LogP contribution < -0.4 is 0 Å². The van der Waals surface area contributed by atoms with Gasteiger partial charge in [0.15, 0.2) is 0 Å². The molecule has 0 N–H and O–H groups in total. The van der Waals surface area contributed by atoms with Crippen molar-refractivity contribution in [2.45, 2.75) is 52.5 Å². The van der Waals surface area contributed by atoms with E-state index in [9.17, 15) is 4.79 Å². The van der Waals surface area contributed by atoms with E-state index in [-0.39, 0.29) is 5.91 Å². The molecule has 1 aliphatic rings. The van der Waals surface area contributed by atoms with Crippen molar-refractivity contribution in [3.8, 4) is 6.07 Å². The predicted molar refractivity (Wildman–Crippen MR) is 63.6 cm³/mol. The summed E-state index contributed by atoms with van der Waals surface area (Å²) in [4.78, 5) is 13.9. The highest BCUT2D eigenvalue weighted by Crippen LogP contribution is 2.29. The Kier molecular flexibility index (Phi) is 3.96. The molecule has 90 valence electrons. The molecule has 1 aliphatic carbocycles. The van der Waals surface area contributed by atoms with E-state index in [1.54, 1.807) is 18.7 Å². The zero-order valence-corrected chi connectivity index (χ0v) is 10.8. The molecule has 2 unspecified atom stereocenters. The highest BCUT2D eigenvalue weighted by atomic mass is 16.2. The zero-order chi connectivity index (χ0) is 12.3. The van der Waals surface area contributed by atoms with Gasteiger partial charge < -0.3 is 4.90 Å². The normalized spacial score (nSPS) is 25.9. The maximum absolute atomic E-state index is 12.1. The fourth-order valence-electron chi connectivity index (χ4n) is 2.41. The van der Waals surface area contributed by atoms with E-state index in [1.807, 2.05) is 7.05 Å². The van der Waals surface area contributed by atoms with Crippen molar-refractivity contribution in [3.05, 3.63) is 0 Å². The van der Waals surface area contributed by atoms with Gasteiger partial charge in [-0.15, -0.1) is 0 Å². The number of rotatable bonds is 2. The van der Waals surface area contributed by atoms with Gasteiger partial charge in [0.1, 0.15) is 5.41 Å². The molecule has 0 aliphatic heterocycles. The Morgan fingerprint density at radius 2 is 2.06 bits per heavy atom. The molecule has 0 aromatic rings. The Bertz CT molecular complexity index is 304. The van der Waals surface area contributed by atoms with Crippen molar-refractivity contribution < 1.29 is 4.79 Å². The summed E-state index contributed by atoms with van der Waals surface area (Å²) in [6, 6.07) is 2.40. The van der Waals surface area contributed by atoms with Gasteiger partial charge >= 0.3 is 0 Å². The number of nitriles is 1. The predicted octanol–water partition coefficient (Wildman–Crippen LogP) is 2.57. The van der Waals surface area contributed by atoms with Gasteiger partial charge in [0.05, 0.1) is 6.07 Å². The maximum atomic E-state index is 12.1. The van der Waals surface area contributed by atoms with Crippen molar-refractivity contribution in [3.63, 3.8) is 0 Å². The fraction of sp³-hybridized carbons (Fsp3) is 0.846. The molecule has 3 heteroatoms. The van der Waals surface area contributed by atoms with Crippen LogP contribution in [0.3, 0.4) is 0 Å². The fourth-order valence-corrected chi connectivity index (χ4v) is 2.41. The van der Waals surface area contributed by atoms with Crippen LogP contribution >= 0.6 is 0 Å². The molecular weight excluding hydrogens is 200 g/mol. The Morgan fingerprint density at radius 3 is 2.56 bits per heavy atom. The Balaban J connectivity index is 2.67. The van der Waals surface area contributed by atoms with Gasteiger partial charge in [-0.3, -0.25) is 4.79 Å². The quantitative estimate of drug-likeness (QED) is 0.720. The highest BCUT2D eigenvalue weighted by Gasteiger charge is 2.34. The van der Waals surface area contributed by atoms with Gasteiger partial charge in [0.2, 0.25) is 5.91 Å².